The number of benzene rings is 1. The maximum absolute atomic E-state index is 13.1. The van der Waals surface area contributed by atoms with Crippen LogP contribution in [0, 0.1) is 0 Å². The number of carboxylic acid groups (broad SMARTS) is 1. The Morgan fingerprint density at radius 2 is 1.81 bits per heavy atom. The van der Waals surface area contributed by atoms with E-state index in [2.05, 4.69) is 10.4 Å². The first-order valence-electron chi connectivity index (χ1n) is 8.69. The maximum atomic E-state index is 13.1. The van der Waals surface area contributed by atoms with Gasteiger partial charge in [-0.3, -0.25) is 14.3 Å². The summed E-state index contributed by atoms with van der Waals surface area (Å²) in [7, 11) is 3.11. The van der Waals surface area contributed by atoms with Crippen LogP contribution < -0.4 is 14.8 Å². The molecule has 1 aromatic heterocycles. The molecule has 1 aromatic carbocycles. The fraction of sp³-hybridized carbons (Fsp3) is 0.421. The number of rotatable bonds is 9. The van der Waals surface area contributed by atoms with Gasteiger partial charge < -0.3 is 19.9 Å². The minimum absolute atomic E-state index is 0.208. The van der Waals surface area contributed by atoms with Crippen molar-refractivity contribution in [3.8, 4) is 11.5 Å². The Morgan fingerprint density at radius 1 is 1.15 bits per heavy atom. The summed E-state index contributed by atoms with van der Waals surface area (Å²) < 4.78 is 11.9. The smallest absolute Gasteiger partial charge is 0.325 e. The molecule has 0 aliphatic carbocycles. The Morgan fingerprint density at radius 3 is 2.37 bits per heavy atom. The number of amides is 1. The number of nitrogens with one attached hydrogen (secondary N) is 1. The van der Waals surface area contributed by atoms with E-state index in [1.807, 2.05) is 26.0 Å². The van der Waals surface area contributed by atoms with Gasteiger partial charge in [0.2, 0.25) is 5.91 Å². The summed E-state index contributed by atoms with van der Waals surface area (Å²) in [4.78, 5) is 23.9. The van der Waals surface area contributed by atoms with E-state index in [4.69, 9.17) is 14.6 Å². The predicted octanol–water partition coefficient (Wildman–Crippen LogP) is 2.68. The first kappa shape index (κ1) is 20.3. The molecule has 2 N–H and O–H groups in total. The largest absolute Gasteiger partial charge is 0.493 e. The van der Waals surface area contributed by atoms with Gasteiger partial charge in [-0.1, -0.05) is 19.9 Å². The Labute approximate surface area is 158 Å². The monoisotopic (exact) mass is 375 g/mol. The number of carbonyl (C=O) groups is 2. The molecule has 0 bridgehead atoms. The van der Waals surface area contributed by atoms with Gasteiger partial charge in [-0.15, -0.1) is 0 Å². The summed E-state index contributed by atoms with van der Waals surface area (Å²) in [6.45, 7) is 3.63. The minimum Gasteiger partial charge on any atom is -0.493 e. The summed E-state index contributed by atoms with van der Waals surface area (Å²) in [6, 6.07) is 7.03. The fourth-order valence-electron chi connectivity index (χ4n) is 3.14. The Balaban J connectivity index is 2.33. The number of aromatic nitrogens is 2. The lowest BCUT2D eigenvalue weighted by Gasteiger charge is -2.31. The molecular formula is C19H25N3O5. The van der Waals surface area contributed by atoms with Gasteiger partial charge in [0.1, 0.15) is 6.54 Å². The van der Waals surface area contributed by atoms with Crippen molar-refractivity contribution < 1.29 is 24.2 Å². The van der Waals surface area contributed by atoms with Crippen LogP contribution in [-0.4, -0.2) is 41.0 Å². The van der Waals surface area contributed by atoms with E-state index in [1.165, 1.54) is 10.9 Å². The van der Waals surface area contributed by atoms with Gasteiger partial charge >= 0.3 is 5.97 Å². The fourth-order valence-corrected chi connectivity index (χ4v) is 3.14. The molecule has 0 unspecified atom stereocenters. The molecule has 0 aliphatic heterocycles. The predicted molar refractivity (Wildman–Crippen MR) is 100 cm³/mol. The molecule has 0 saturated carbocycles. The minimum atomic E-state index is -1.00. The van der Waals surface area contributed by atoms with Crippen molar-refractivity contribution >= 4 is 17.7 Å². The highest BCUT2D eigenvalue weighted by atomic mass is 16.5. The SMILES string of the molecule is CCC(CC)(C(=O)Nc1ccn(CC(=O)O)n1)c1ccc(OC)c(OC)c1. The van der Waals surface area contributed by atoms with Gasteiger partial charge in [0.25, 0.3) is 0 Å². The molecule has 8 heteroatoms. The lowest BCUT2D eigenvalue weighted by molar-refractivity contribution is -0.137. The molecule has 27 heavy (non-hydrogen) atoms. The number of carboxylic acids is 1. The van der Waals surface area contributed by atoms with Crippen LogP contribution in [0.2, 0.25) is 0 Å². The molecule has 2 rings (SSSR count). The third-order valence-corrected chi connectivity index (χ3v) is 4.76. The second-order valence-electron chi connectivity index (χ2n) is 6.11. The molecular weight excluding hydrogens is 350 g/mol. The zero-order chi connectivity index (χ0) is 20.0. The van der Waals surface area contributed by atoms with Gasteiger partial charge in [-0.25, -0.2) is 0 Å². The van der Waals surface area contributed by atoms with Crippen LogP contribution in [0.1, 0.15) is 32.3 Å². The zero-order valence-corrected chi connectivity index (χ0v) is 16.0. The highest BCUT2D eigenvalue weighted by Crippen LogP contribution is 2.38. The summed E-state index contributed by atoms with van der Waals surface area (Å²) in [5.74, 6) is 0.251. The molecule has 2 aromatic rings. The van der Waals surface area contributed by atoms with Crippen molar-refractivity contribution in [1.82, 2.24) is 9.78 Å². The first-order valence-corrected chi connectivity index (χ1v) is 8.69. The van der Waals surface area contributed by atoms with E-state index >= 15 is 0 Å². The van der Waals surface area contributed by atoms with Crippen molar-refractivity contribution in [1.29, 1.82) is 0 Å². The van der Waals surface area contributed by atoms with Crippen molar-refractivity contribution in [3.63, 3.8) is 0 Å². The normalized spacial score (nSPS) is 11.1. The molecule has 1 heterocycles. The van der Waals surface area contributed by atoms with E-state index in [9.17, 15) is 9.59 Å². The lowest BCUT2D eigenvalue weighted by Crippen LogP contribution is -2.39. The number of aliphatic carboxylic acids is 1. The van der Waals surface area contributed by atoms with Gasteiger partial charge in [0, 0.05) is 12.3 Å². The van der Waals surface area contributed by atoms with Crippen molar-refractivity contribution in [3.05, 3.63) is 36.0 Å². The van der Waals surface area contributed by atoms with E-state index < -0.39 is 11.4 Å². The second-order valence-corrected chi connectivity index (χ2v) is 6.11. The zero-order valence-electron chi connectivity index (χ0n) is 16.0. The molecule has 1 amide bonds. The van der Waals surface area contributed by atoms with E-state index in [-0.39, 0.29) is 12.5 Å². The topological polar surface area (TPSA) is 103 Å². The molecule has 0 aliphatic rings. The summed E-state index contributed by atoms with van der Waals surface area (Å²) in [5, 5.41) is 15.7. The van der Waals surface area contributed by atoms with E-state index in [0.29, 0.717) is 30.2 Å². The lowest BCUT2D eigenvalue weighted by atomic mass is 9.75. The molecule has 0 radical (unpaired) electrons. The third-order valence-electron chi connectivity index (χ3n) is 4.76. The maximum Gasteiger partial charge on any atom is 0.325 e. The summed E-state index contributed by atoms with van der Waals surface area (Å²) >= 11 is 0. The number of carbonyl (C=O) groups excluding carboxylic acids is 1. The average Bonchev–Trinajstić information content (AvgIpc) is 3.08. The van der Waals surface area contributed by atoms with Crippen LogP contribution in [0.5, 0.6) is 11.5 Å². The number of anilines is 1. The summed E-state index contributed by atoms with van der Waals surface area (Å²) in [5.41, 5.74) is 0.0310. The molecule has 0 atom stereocenters. The standard InChI is InChI=1S/C19H25N3O5/c1-5-19(6-2,13-7-8-14(26-3)15(11-13)27-4)18(25)20-16-9-10-22(21-16)12-17(23)24/h7-11H,5-6,12H2,1-4H3,(H,23,24)(H,20,21,25). The van der Waals surface area contributed by atoms with Crippen molar-refractivity contribution in [2.24, 2.45) is 0 Å². The highest BCUT2D eigenvalue weighted by molar-refractivity contribution is 5.98. The number of nitrogens with zero attached hydrogens (tertiary/aromatic N) is 2. The Bertz CT molecular complexity index is 811. The van der Waals surface area contributed by atoms with Crippen LogP contribution in [0.15, 0.2) is 30.5 Å². The van der Waals surface area contributed by atoms with Crippen LogP contribution in [-0.2, 0) is 21.5 Å². The van der Waals surface area contributed by atoms with Gasteiger partial charge in [0.15, 0.2) is 17.3 Å². The molecule has 0 fully saturated rings. The first-order chi connectivity index (χ1) is 12.9. The number of methoxy groups -OCH3 is 2. The van der Waals surface area contributed by atoms with Gasteiger partial charge in [-0.2, -0.15) is 5.10 Å². The molecule has 8 nitrogen and oxygen atoms in total. The highest BCUT2D eigenvalue weighted by Gasteiger charge is 2.37. The van der Waals surface area contributed by atoms with Crippen LogP contribution in [0.4, 0.5) is 5.82 Å². The van der Waals surface area contributed by atoms with Gasteiger partial charge in [-0.05, 0) is 30.5 Å². The van der Waals surface area contributed by atoms with Crippen molar-refractivity contribution in [2.45, 2.75) is 38.6 Å². The van der Waals surface area contributed by atoms with Crippen LogP contribution in [0.3, 0.4) is 0 Å². The molecule has 0 spiro atoms. The quantitative estimate of drug-likeness (QED) is 0.698. The summed E-state index contributed by atoms with van der Waals surface area (Å²) in [6.07, 6.45) is 2.65. The van der Waals surface area contributed by atoms with Crippen molar-refractivity contribution in [2.75, 3.05) is 19.5 Å². The van der Waals surface area contributed by atoms with Crippen LogP contribution >= 0.6 is 0 Å². The molecule has 146 valence electrons. The van der Waals surface area contributed by atoms with E-state index in [0.717, 1.165) is 5.56 Å². The number of hydrogen-bond acceptors (Lipinski definition) is 5. The van der Waals surface area contributed by atoms with E-state index in [1.54, 1.807) is 26.4 Å². The molecule has 0 saturated heterocycles. The number of hydrogen-bond donors (Lipinski definition) is 2. The average molecular weight is 375 g/mol. The Kier molecular flexibility index (Phi) is 6.44. The van der Waals surface area contributed by atoms with Gasteiger partial charge in [0.05, 0.1) is 19.6 Å². The Hall–Kier alpha value is -3.03. The third kappa shape index (κ3) is 4.21. The second kappa shape index (κ2) is 8.57. The number of ether oxygens (including phenoxy) is 2. The van der Waals surface area contributed by atoms with Crippen LogP contribution in [0.25, 0.3) is 0 Å².